The van der Waals surface area contributed by atoms with Gasteiger partial charge in [-0.3, -0.25) is 4.99 Å². The molecule has 0 aromatic heterocycles. The van der Waals surface area contributed by atoms with Crippen molar-refractivity contribution >= 4 is 23.0 Å². The molecule has 0 unspecified atom stereocenters. The van der Waals surface area contributed by atoms with E-state index in [4.69, 9.17) is 0 Å². The van der Waals surface area contributed by atoms with E-state index in [0.29, 0.717) is 0 Å². The summed E-state index contributed by atoms with van der Waals surface area (Å²) in [6.07, 6.45) is 6.07. The lowest BCUT2D eigenvalue weighted by molar-refractivity contribution is 1.15. The Kier molecular flexibility index (Phi) is 8.84. The zero-order valence-corrected chi connectivity index (χ0v) is 16.9. The second-order valence-corrected chi connectivity index (χ2v) is 7.19. The lowest BCUT2D eigenvalue weighted by Crippen LogP contribution is -1.93. The van der Waals surface area contributed by atoms with Crippen LogP contribution >= 0.6 is 11.8 Å². The molecule has 130 valence electrons. The van der Waals surface area contributed by atoms with Crippen LogP contribution in [0.5, 0.6) is 0 Å². The SMILES string of the molecule is C=CC/C(=C/C)c1ccc(SC/C(C)=C(\C)N=C(C)CC)cc1C. The number of rotatable bonds is 8. The lowest BCUT2D eigenvalue weighted by Gasteiger charge is -2.11. The molecule has 0 saturated heterocycles. The molecule has 1 aromatic rings. The summed E-state index contributed by atoms with van der Waals surface area (Å²) in [6.45, 7) is 16.7. The van der Waals surface area contributed by atoms with Crippen LogP contribution in [0.1, 0.15) is 58.6 Å². The van der Waals surface area contributed by atoms with Crippen molar-refractivity contribution in [2.45, 2.75) is 59.3 Å². The predicted molar refractivity (Wildman–Crippen MR) is 112 cm³/mol. The Hall–Kier alpha value is -1.54. The first kappa shape index (κ1) is 20.5. The minimum Gasteiger partial charge on any atom is -0.263 e. The first-order chi connectivity index (χ1) is 11.4. The minimum absolute atomic E-state index is 0.916. The molecule has 0 amide bonds. The van der Waals surface area contributed by atoms with Crippen LogP contribution in [0.4, 0.5) is 0 Å². The molecule has 1 nitrogen and oxygen atoms in total. The quantitative estimate of drug-likeness (QED) is 0.276. The standard InChI is InChI=1S/C22H31NS/c1-8-11-20(10-3)22-13-12-21(14-16(22)4)24-15-17(5)19(7)23-18(6)9-2/h8,10,12-14H,1,9,11,15H2,2-7H3/b19-17+,20-10-,23-18?. The molecule has 0 heterocycles. The molecular weight excluding hydrogens is 310 g/mol. The van der Waals surface area contributed by atoms with Crippen molar-refractivity contribution in [2.75, 3.05) is 5.75 Å². The fourth-order valence-electron chi connectivity index (χ4n) is 2.38. The molecule has 0 fully saturated rings. The van der Waals surface area contributed by atoms with Gasteiger partial charge in [0.25, 0.3) is 0 Å². The summed E-state index contributed by atoms with van der Waals surface area (Å²) in [5.74, 6) is 0.980. The van der Waals surface area contributed by atoms with Gasteiger partial charge >= 0.3 is 0 Å². The van der Waals surface area contributed by atoms with E-state index in [1.165, 1.54) is 32.9 Å². The second kappa shape index (κ2) is 10.4. The Balaban J connectivity index is 2.86. The van der Waals surface area contributed by atoms with Crippen LogP contribution in [-0.2, 0) is 0 Å². The van der Waals surface area contributed by atoms with Gasteiger partial charge in [-0.25, -0.2) is 0 Å². The zero-order valence-electron chi connectivity index (χ0n) is 16.1. The van der Waals surface area contributed by atoms with E-state index in [0.717, 1.165) is 24.3 Å². The summed E-state index contributed by atoms with van der Waals surface area (Å²) in [4.78, 5) is 5.97. The Morgan fingerprint density at radius 3 is 2.50 bits per heavy atom. The van der Waals surface area contributed by atoms with Crippen molar-refractivity contribution in [1.29, 1.82) is 0 Å². The summed E-state index contributed by atoms with van der Waals surface area (Å²) in [5, 5.41) is 0. The van der Waals surface area contributed by atoms with Crippen LogP contribution in [0.15, 0.2) is 58.1 Å². The number of aryl methyl sites for hydroxylation is 1. The van der Waals surface area contributed by atoms with Gasteiger partial charge in [0.2, 0.25) is 0 Å². The van der Waals surface area contributed by atoms with Crippen molar-refractivity contribution in [3.8, 4) is 0 Å². The maximum Gasteiger partial charge on any atom is 0.0369 e. The molecule has 0 radical (unpaired) electrons. The molecule has 0 spiro atoms. The van der Waals surface area contributed by atoms with Gasteiger partial charge in [0.15, 0.2) is 0 Å². The largest absolute Gasteiger partial charge is 0.263 e. The molecule has 0 N–H and O–H groups in total. The van der Waals surface area contributed by atoms with Gasteiger partial charge in [0.05, 0.1) is 0 Å². The highest BCUT2D eigenvalue weighted by atomic mass is 32.2. The summed E-state index contributed by atoms with van der Waals surface area (Å²) in [6, 6.07) is 6.75. The second-order valence-electron chi connectivity index (χ2n) is 6.14. The van der Waals surface area contributed by atoms with Gasteiger partial charge in [0, 0.05) is 22.1 Å². The van der Waals surface area contributed by atoms with Crippen molar-refractivity contribution in [1.82, 2.24) is 0 Å². The molecule has 0 bridgehead atoms. The van der Waals surface area contributed by atoms with E-state index >= 15 is 0 Å². The third-order valence-electron chi connectivity index (χ3n) is 4.20. The number of hydrogen-bond donors (Lipinski definition) is 0. The molecule has 24 heavy (non-hydrogen) atoms. The van der Waals surface area contributed by atoms with Crippen molar-refractivity contribution in [3.63, 3.8) is 0 Å². The molecule has 0 aliphatic rings. The van der Waals surface area contributed by atoms with E-state index < -0.39 is 0 Å². The number of allylic oxidation sites excluding steroid dienone is 4. The molecule has 2 heteroatoms. The summed E-state index contributed by atoms with van der Waals surface area (Å²) >= 11 is 1.88. The summed E-state index contributed by atoms with van der Waals surface area (Å²) in [5.41, 5.74) is 7.68. The topological polar surface area (TPSA) is 12.4 Å². The van der Waals surface area contributed by atoms with Crippen LogP contribution in [0.3, 0.4) is 0 Å². The normalized spacial score (nSPS) is 13.8. The molecule has 1 rings (SSSR count). The van der Waals surface area contributed by atoms with E-state index in [9.17, 15) is 0 Å². The molecule has 1 aromatic carbocycles. The highest BCUT2D eigenvalue weighted by molar-refractivity contribution is 7.99. The van der Waals surface area contributed by atoms with Crippen molar-refractivity contribution in [2.24, 2.45) is 4.99 Å². The van der Waals surface area contributed by atoms with Crippen LogP contribution < -0.4 is 0 Å². The average Bonchev–Trinajstić information content (AvgIpc) is 2.57. The van der Waals surface area contributed by atoms with E-state index in [2.05, 4.69) is 77.4 Å². The highest BCUT2D eigenvalue weighted by Gasteiger charge is 2.05. The van der Waals surface area contributed by atoms with E-state index in [-0.39, 0.29) is 0 Å². The van der Waals surface area contributed by atoms with Gasteiger partial charge in [-0.15, -0.1) is 18.3 Å². The van der Waals surface area contributed by atoms with Gasteiger partial charge in [-0.05, 0) is 81.9 Å². The van der Waals surface area contributed by atoms with E-state index in [1.807, 2.05) is 17.8 Å². The predicted octanol–water partition coefficient (Wildman–Crippen LogP) is 7.23. The first-order valence-electron chi connectivity index (χ1n) is 8.63. The van der Waals surface area contributed by atoms with Gasteiger partial charge in [-0.1, -0.05) is 25.1 Å². The number of hydrogen-bond acceptors (Lipinski definition) is 2. The third kappa shape index (κ3) is 6.16. The minimum atomic E-state index is 0.916. The van der Waals surface area contributed by atoms with Crippen molar-refractivity contribution < 1.29 is 0 Å². The first-order valence-corrected chi connectivity index (χ1v) is 9.61. The van der Waals surface area contributed by atoms with Crippen molar-refractivity contribution in [3.05, 3.63) is 59.3 Å². The molecular formula is C22H31NS. The van der Waals surface area contributed by atoms with Crippen LogP contribution in [0, 0.1) is 6.92 Å². The number of nitrogens with zero attached hydrogens (tertiary/aromatic N) is 1. The highest BCUT2D eigenvalue weighted by Crippen LogP contribution is 2.28. The van der Waals surface area contributed by atoms with Crippen LogP contribution in [-0.4, -0.2) is 11.5 Å². The lowest BCUT2D eigenvalue weighted by atomic mass is 9.98. The van der Waals surface area contributed by atoms with E-state index in [1.54, 1.807) is 0 Å². The molecule has 0 atom stereocenters. The van der Waals surface area contributed by atoms with Gasteiger partial charge in [0.1, 0.15) is 0 Å². The Morgan fingerprint density at radius 2 is 1.96 bits per heavy atom. The number of thioether (sulfide) groups is 1. The monoisotopic (exact) mass is 341 g/mol. The smallest absolute Gasteiger partial charge is 0.0369 e. The summed E-state index contributed by atoms with van der Waals surface area (Å²) < 4.78 is 0. The number of aliphatic imine (C=N–C) groups is 1. The average molecular weight is 342 g/mol. The third-order valence-corrected chi connectivity index (χ3v) is 5.36. The fourth-order valence-corrected chi connectivity index (χ4v) is 3.40. The van der Waals surface area contributed by atoms with Crippen LogP contribution in [0.25, 0.3) is 5.57 Å². The Morgan fingerprint density at radius 1 is 1.25 bits per heavy atom. The maximum absolute atomic E-state index is 4.66. The van der Waals surface area contributed by atoms with Gasteiger partial charge < -0.3 is 0 Å². The van der Waals surface area contributed by atoms with Gasteiger partial charge in [-0.2, -0.15) is 0 Å². The molecule has 0 aliphatic heterocycles. The number of benzene rings is 1. The van der Waals surface area contributed by atoms with Crippen LogP contribution in [0.2, 0.25) is 0 Å². The zero-order chi connectivity index (χ0) is 18.1. The summed E-state index contributed by atoms with van der Waals surface area (Å²) in [7, 11) is 0. The fraction of sp³-hybridized carbons (Fsp3) is 0.409. The Bertz CT molecular complexity index is 663. The maximum atomic E-state index is 4.66. The molecule has 0 saturated carbocycles. The molecule has 0 aliphatic carbocycles. The Labute approximate surface area is 152 Å².